The molecule has 132 valence electrons. The molecule has 26 heavy (non-hydrogen) atoms. The number of aromatic nitrogens is 2. The van der Waals surface area contributed by atoms with Gasteiger partial charge in [-0.05, 0) is 31.0 Å². The lowest BCUT2D eigenvalue weighted by Crippen LogP contribution is -2.37. The van der Waals surface area contributed by atoms with E-state index in [0.29, 0.717) is 5.95 Å². The summed E-state index contributed by atoms with van der Waals surface area (Å²) in [6.07, 6.45) is 0. The van der Waals surface area contributed by atoms with Crippen molar-refractivity contribution in [1.29, 1.82) is 0 Å². The molecule has 2 N–H and O–H groups in total. The minimum absolute atomic E-state index is 0.326. The number of hydrogen-bond acceptors (Lipinski definition) is 4. The number of anilines is 1. The second-order valence-corrected chi connectivity index (χ2v) is 6.23. The Labute approximate surface area is 152 Å². The lowest BCUT2D eigenvalue weighted by Gasteiger charge is -2.26. The SMILES string of the molecule is Cc1cc(C)nc(N[C@H](C(=O)O)C(c2ccccc2)c2ccccc2)n1. The van der Waals surface area contributed by atoms with Crippen LogP contribution in [-0.2, 0) is 4.79 Å². The number of nitrogens with one attached hydrogen (secondary N) is 1. The molecule has 0 aliphatic carbocycles. The van der Waals surface area contributed by atoms with Gasteiger partial charge in [0.05, 0.1) is 0 Å². The zero-order valence-corrected chi connectivity index (χ0v) is 14.8. The molecular formula is C21H21N3O2. The number of carboxylic acids is 1. The monoisotopic (exact) mass is 347 g/mol. The van der Waals surface area contributed by atoms with Crippen molar-refractivity contribution in [3.63, 3.8) is 0 Å². The lowest BCUT2D eigenvalue weighted by molar-refractivity contribution is -0.138. The number of carboxylic acid groups (broad SMARTS) is 1. The molecule has 0 aliphatic rings. The molecule has 2 aromatic carbocycles. The molecule has 0 bridgehead atoms. The Bertz CT molecular complexity index is 823. The van der Waals surface area contributed by atoms with Crippen LogP contribution in [0.2, 0.25) is 0 Å². The van der Waals surface area contributed by atoms with Crippen LogP contribution >= 0.6 is 0 Å². The van der Waals surface area contributed by atoms with Crippen LogP contribution < -0.4 is 5.32 Å². The van der Waals surface area contributed by atoms with Gasteiger partial charge in [0.2, 0.25) is 5.95 Å². The molecule has 0 amide bonds. The summed E-state index contributed by atoms with van der Waals surface area (Å²) in [5.74, 6) is -1.00. The summed E-state index contributed by atoms with van der Waals surface area (Å²) >= 11 is 0. The molecule has 5 heteroatoms. The van der Waals surface area contributed by atoms with Crippen molar-refractivity contribution in [1.82, 2.24) is 9.97 Å². The van der Waals surface area contributed by atoms with Crippen molar-refractivity contribution in [2.24, 2.45) is 0 Å². The molecule has 0 unspecified atom stereocenters. The number of aryl methyl sites for hydroxylation is 2. The van der Waals surface area contributed by atoms with Gasteiger partial charge in [-0.2, -0.15) is 0 Å². The van der Waals surface area contributed by atoms with Crippen LogP contribution in [0.25, 0.3) is 0 Å². The van der Waals surface area contributed by atoms with E-state index in [2.05, 4.69) is 15.3 Å². The minimum Gasteiger partial charge on any atom is -0.480 e. The standard InChI is InChI=1S/C21H21N3O2/c1-14-13-15(2)23-21(22-14)24-19(20(25)26)18(16-9-5-3-6-10-16)17-11-7-4-8-12-17/h3-13,18-19H,1-2H3,(H,25,26)(H,22,23,24)/t19-/m0/s1. The van der Waals surface area contributed by atoms with Gasteiger partial charge in [-0.15, -0.1) is 0 Å². The van der Waals surface area contributed by atoms with Crippen LogP contribution in [0.5, 0.6) is 0 Å². The van der Waals surface area contributed by atoms with Crippen LogP contribution in [0.15, 0.2) is 66.7 Å². The molecule has 0 saturated carbocycles. The van der Waals surface area contributed by atoms with E-state index in [-0.39, 0.29) is 5.92 Å². The van der Waals surface area contributed by atoms with Gasteiger partial charge in [0, 0.05) is 17.3 Å². The molecule has 5 nitrogen and oxygen atoms in total. The maximum absolute atomic E-state index is 12.1. The predicted octanol–water partition coefficient (Wildman–Crippen LogP) is 3.79. The van der Waals surface area contributed by atoms with Crippen LogP contribution in [-0.4, -0.2) is 27.1 Å². The van der Waals surface area contributed by atoms with Crippen LogP contribution in [0.4, 0.5) is 5.95 Å². The lowest BCUT2D eigenvalue weighted by atomic mass is 9.85. The first-order valence-corrected chi connectivity index (χ1v) is 8.46. The van der Waals surface area contributed by atoms with Crippen molar-refractivity contribution in [3.05, 3.63) is 89.2 Å². The third kappa shape index (κ3) is 4.06. The Balaban J connectivity index is 2.05. The second kappa shape index (κ2) is 7.78. The quantitative estimate of drug-likeness (QED) is 0.709. The summed E-state index contributed by atoms with van der Waals surface area (Å²) in [7, 11) is 0. The zero-order valence-electron chi connectivity index (χ0n) is 14.8. The van der Waals surface area contributed by atoms with Crippen LogP contribution in [0.1, 0.15) is 28.4 Å². The maximum Gasteiger partial charge on any atom is 0.327 e. The van der Waals surface area contributed by atoms with Gasteiger partial charge in [0.1, 0.15) is 6.04 Å². The molecule has 1 heterocycles. The molecule has 0 radical (unpaired) electrons. The third-order valence-corrected chi connectivity index (χ3v) is 4.18. The van der Waals surface area contributed by atoms with Crippen molar-refractivity contribution >= 4 is 11.9 Å². The molecule has 1 atom stereocenters. The number of carbonyl (C=O) groups is 1. The van der Waals surface area contributed by atoms with E-state index in [9.17, 15) is 9.90 Å². The predicted molar refractivity (Wildman–Crippen MR) is 101 cm³/mol. The van der Waals surface area contributed by atoms with E-state index in [1.807, 2.05) is 80.6 Å². The van der Waals surface area contributed by atoms with Crippen LogP contribution in [0.3, 0.4) is 0 Å². The Hall–Kier alpha value is -3.21. The van der Waals surface area contributed by atoms with E-state index in [4.69, 9.17) is 0 Å². The molecule has 3 rings (SSSR count). The van der Waals surface area contributed by atoms with Crippen molar-refractivity contribution in [3.8, 4) is 0 Å². The number of benzene rings is 2. The van der Waals surface area contributed by atoms with E-state index in [0.717, 1.165) is 22.5 Å². The van der Waals surface area contributed by atoms with E-state index < -0.39 is 12.0 Å². The van der Waals surface area contributed by atoms with Gasteiger partial charge in [0.15, 0.2) is 0 Å². The number of aliphatic carboxylic acids is 1. The fraction of sp³-hybridized carbons (Fsp3) is 0.190. The summed E-state index contributed by atoms with van der Waals surface area (Å²) in [4.78, 5) is 20.8. The molecule has 3 aromatic rings. The summed E-state index contributed by atoms with van der Waals surface area (Å²) in [5.41, 5.74) is 3.42. The van der Waals surface area contributed by atoms with Crippen LogP contribution in [0, 0.1) is 13.8 Å². The first-order chi connectivity index (χ1) is 12.5. The molecular weight excluding hydrogens is 326 g/mol. The van der Waals surface area contributed by atoms with Gasteiger partial charge >= 0.3 is 5.97 Å². The molecule has 0 saturated heterocycles. The fourth-order valence-electron chi connectivity index (χ4n) is 3.12. The Morgan fingerprint density at radius 1 is 0.885 bits per heavy atom. The summed E-state index contributed by atoms with van der Waals surface area (Å²) in [6.45, 7) is 3.73. The van der Waals surface area contributed by atoms with Gasteiger partial charge < -0.3 is 10.4 Å². The topological polar surface area (TPSA) is 75.1 Å². The smallest absolute Gasteiger partial charge is 0.327 e. The summed E-state index contributed by atoms with van der Waals surface area (Å²) < 4.78 is 0. The third-order valence-electron chi connectivity index (χ3n) is 4.18. The van der Waals surface area contributed by atoms with E-state index >= 15 is 0 Å². The number of nitrogens with zero attached hydrogens (tertiary/aromatic N) is 2. The summed E-state index contributed by atoms with van der Waals surface area (Å²) in [5, 5.41) is 13.0. The molecule has 0 aliphatic heterocycles. The highest BCUT2D eigenvalue weighted by Gasteiger charge is 2.31. The average Bonchev–Trinajstić information content (AvgIpc) is 2.62. The first-order valence-electron chi connectivity index (χ1n) is 8.46. The number of hydrogen-bond donors (Lipinski definition) is 2. The average molecular weight is 347 g/mol. The van der Waals surface area contributed by atoms with Crippen molar-refractivity contribution in [2.45, 2.75) is 25.8 Å². The largest absolute Gasteiger partial charge is 0.480 e. The highest BCUT2D eigenvalue weighted by Crippen LogP contribution is 2.29. The van der Waals surface area contributed by atoms with Crippen molar-refractivity contribution in [2.75, 3.05) is 5.32 Å². The Morgan fingerprint density at radius 2 is 1.35 bits per heavy atom. The Kier molecular flexibility index (Phi) is 5.27. The molecule has 0 fully saturated rings. The Morgan fingerprint density at radius 3 is 1.77 bits per heavy atom. The minimum atomic E-state index is -0.953. The van der Waals surface area contributed by atoms with Gasteiger partial charge in [0.25, 0.3) is 0 Å². The molecule has 1 aromatic heterocycles. The first kappa shape index (κ1) is 17.6. The fourth-order valence-corrected chi connectivity index (χ4v) is 3.12. The second-order valence-electron chi connectivity index (χ2n) is 6.23. The van der Waals surface area contributed by atoms with Crippen molar-refractivity contribution < 1.29 is 9.90 Å². The van der Waals surface area contributed by atoms with Gasteiger partial charge in [-0.3, -0.25) is 0 Å². The van der Waals surface area contributed by atoms with E-state index in [1.54, 1.807) is 0 Å². The summed E-state index contributed by atoms with van der Waals surface area (Å²) in [6, 6.07) is 20.2. The maximum atomic E-state index is 12.1. The van der Waals surface area contributed by atoms with Gasteiger partial charge in [-0.1, -0.05) is 60.7 Å². The molecule has 0 spiro atoms. The highest BCUT2D eigenvalue weighted by atomic mass is 16.4. The van der Waals surface area contributed by atoms with Gasteiger partial charge in [-0.25, -0.2) is 14.8 Å². The number of rotatable bonds is 6. The van der Waals surface area contributed by atoms with E-state index in [1.165, 1.54) is 0 Å². The highest BCUT2D eigenvalue weighted by molar-refractivity contribution is 5.79. The zero-order chi connectivity index (χ0) is 18.5. The normalized spacial score (nSPS) is 12.0.